The van der Waals surface area contributed by atoms with Crippen LogP contribution in [0.3, 0.4) is 0 Å². The first-order chi connectivity index (χ1) is 9.08. The summed E-state index contributed by atoms with van der Waals surface area (Å²) in [6.45, 7) is 9.43. The van der Waals surface area contributed by atoms with Gasteiger partial charge in [0.1, 0.15) is 0 Å². The van der Waals surface area contributed by atoms with Gasteiger partial charge in [-0.15, -0.1) is 0 Å². The molecule has 0 aliphatic carbocycles. The van der Waals surface area contributed by atoms with Gasteiger partial charge in [-0.3, -0.25) is 4.79 Å². The summed E-state index contributed by atoms with van der Waals surface area (Å²) in [6.07, 6.45) is 6.35. The number of rotatable bonds is 7. The van der Waals surface area contributed by atoms with Crippen molar-refractivity contribution < 1.29 is 4.79 Å². The van der Waals surface area contributed by atoms with Crippen LogP contribution in [0.4, 0.5) is 0 Å². The number of piperidine rings is 1. The number of amides is 1. The van der Waals surface area contributed by atoms with Gasteiger partial charge < -0.3 is 10.6 Å². The molecule has 0 spiro atoms. The third-order valence-electron chi connectivity index (χ3n) is 4.73. The molecule has 0 aromatic rings. The van der Waals surface area contributed by atoms with Gasteiger partial charge in [-0.05, 0) is 43.6 Å². The molecule has 0 bridgehead atoms. The first-order valence-corrected chi connectivity index (χ1v) is 8.06. The minimum Gasteiger partial charge on any atom is -0.342 e. The van der Waals surface area contributed by atoms with Crippen LogP contribution in [-0.4, -0.2) is 30.4 Å². The van der Waals surface area contributed by atoms with E-state index in [9.17, 15) is 4.79 Å². The van der Waals surface area contributed by atoms with Crippen LogP contribution in [0.5, 0.6) is 0 Å². The minimum atomic E-state index is 0.358. The van der Waals surface area contributed by atoms with Gasteiger partial charge in [0.25, 0.3) is 0 Å². The summed E-state index contributed by atoms with van der Waals surface area (Å²) in [5, 5.41) is 0. The van der Waals surface area contributed by atoms with E-state index >= 15 is 0 Å². The number of hydrogen-bond acceptors (Lipinski definition) is 2. The lowest BCUT2D eigenvalue weighted by Gasteiger charge is -2.35. The smallest absolute Gasteiger partial charge is 0.222 e. The van der Waals surface area contributed by atoms with Gasteiger partial charge in [-0.1, -0.05) is 33.6 Å². The van der Waals surface area contributed by atoms with Gasteiger partial charge in [0, 0.05) is 19.5 Å². The fraction of sp³-hybridized carbons (Fsp3) is 0.938. The zero-order valence-corrected chi connectivity index (χ0v) is 13.0. The maximum atomic E-state index is 12.3. The van der Waals surface area contributed by atoms with Gasteiger partial charge in [0.2, 0.25) is 5.91 Å². The van der Waals surface area contributed by atoms with Crippen LogP contribution in [0.25, 0.3) is 0 Å². The van der Waals surface area contributed by atoms with Crippen molar-refractivity contribution in [2.45, 2.75) is 59.3 Å². The molecule has 1 aliphatic heterocycles. The second kappa shape index (κ2) is 8.57. The fourth-order valence-corrected chi connectivity index (χ4v) is 3.05. The molecule has 1 rings (SSSR count). The van der Waals surface area contributed by atoms with Crippen molar-refractivity contribution in [3.8, 4) is 0 Å². The van der Waals surface area contributed by atoms with E-state index in [1.165, 1.54) is 12.8 Å². The molecule has 3 atom stereocenters. The second-order valence-electron chi connectivity index (χ2n) is 6.35. The fourth-order valence-electron chi connectivity index (χ4n) is 3.05. The average Bonchev–Trinajstić information content (AvgIpc) is 2.39. The molecule has 0 saturated carbocycles. The van der Waals surface area contributed by atoms with Gasteiger partial charge in [0.05, 0.1) is 0 Å². The monoisotopic (exact) mass is 268 g/mol. The summed E-state index contributed by atoms with van der Waals surface area (Å²) < 4.78 is 0. The molecule has 112 valence electrons. The first-order valence-electron chi connectivity index (χ1n) is 8.06. The number of carbonyl (C=O) groups excluding carboxylic acids is 1. The third-order valence-corrected chi connectivity index (χ3v) is 4.73. The largest absolute Gasteiger partial charge is 0.342 e. The molecule has 1 amide bonds. The van der Waals surface area contributed by atoms with Crippen molar-refractivity contribution in [1.82, 2.24) is 4.90 Å². The molecule has 3 unspecified atom stereocenters. The molecule has 0 aromatic heterocycles. The Bertz CT molecular complexity index is 261. The van der Waals surface area contributed by atoms with Gasteiger partial charge in [-0.2, -0.15) is 0 Å². The first kappa shape index (κ1) is 16.5. The molecule has 3 nitrogen and oxygen atoms in total. The van der Waals surface area contributed by atoms with Crippen LogP contribution in [0, 0.1) is 17.8 Å². The van der Waals surface area contributed by atoms with Crippen molar-refractivity contribution in [1.29, 1.82) is 0 Å². The number of nitrogens with two attached hydrogens (primary N) is 1. The number of likely N-dealkylation sites (tertiary alicyclic amines) is 1. The van der Waals surface area contributed by atoms with Gasteiger partial charge in [-0.25, -0.2) is 0 Å². The molecule has 1 saturated heterocycles. The van der Waals surface area contributed by atoms with Crippen molar-refractivity contribution in [3.63, 3.8) is 0 Å². The SMILES string of the molecule is CCCC(CCN)CCC(=O)N1CCC(C)C(C)C1. The van der Waals surface area contributed by atoms with Crippen LogP contribution in [0.2, 0.25) is 0 Å². The molecule has 19 heavy (non-hydrogen) atoms. The topological polar surface area (TPSA) is 46.3 Å². The highest BCUT2D eigenvalue weighted by molar-refractivity contribution is 5.76. The van der Waals surface area contributed by atoms with Crippen LogP contribution in [-0.2, 0) is 4.79 Å². The molecule has 1 heterocycles. The predicted molar refractivity (Wildman–Crippen MR) is 80.8 cm³/mol. The van der Waals surface area contributed by atoms with E-state index in [1.807, 2.05) is 0 Å². The average molecular weight is 268 g/mol. The standard InChI is InChI=1S/C16H32N2O/c1-4-5-15(8-10-17)6-7-16(19)18-11-9-13(2)14(3)12-18/h13-15H,4-12,17H2,1-3H3. The zero-order chi connectivity index (χ0) is 14.3. The lowest BCUT2D eigenvalue weighted by Crippen LogP contribution is -2.42. The zero-order valence-electron chi connectivity index (χ0n) is 13.0. The summed E-state index contributed by atoms with van der Waals surface area (Å²) in [6, 6.07) is 0. The van der Waals surface area contributed by atoms with Crippen LogP contribution in [0.1, 0.15) is 59.3 Å². The second-order valence-corrected chi connectivity index (χ2v) is 6.35. The molecule has 1 aliphatic rings. The Kier molecular flexibility index (Phi) is 7.44. The normalized spacial score (nSPS) is 25.4. The number of hydrogen-bond donors (Lipinski definition) is 1. The van der Waals surface area contributed by atoms with E-state index in [4.69, 9.17) is 5.73 Å². The highest BCUT2D eigenvalue weighted by Crippen LogP contribution is 2.24. The molecule has 0 radical (unpaired) electrons. The summed E-state index contributed by atoms with van der Waals surface area (Å²) in [7, 11) is 0. The van der Waals surface area contributed by atoms with Crippen molar-refractivity contribution >= 4 is 5.91 Å². The van der Waals surface area contributed by atoms with E-state index < -0.39 is 0 Å². The Morgan fingerprint density at radius 1 is 1.26 bits per heavy atom. The molecular formula is C16H32N2O. The van der Waals surface area contributed by atoms with E-state index in [1.54, 1.807) is 0 Å². The lowest BCUT2D eigenvalue weighted by molar-refractivity contribution is -0.133. The summed E-state index contributed by atoms with van der Waals surface area (Å²) in [5.41, 5.74) is 5.65. The maximum Gasteiger partial charge on any atom is 0.222 e. The van der Waals surface area contributed by atoms with E-state index in [0.29, 0.717) is 24.2 Å². The van der Waals surface area contributed by atoms with Crippen LogP contribution in [0.15, 0.2) is 0 Å². The van der Waals surface area contributed by atoms with E-state index in [2.05, 4.69) is 25.7 Å². The number of carbonyl (C=O) groups is 1. The summed E-state index contributed by atoms with van der Waals surface area (Å²) in [4.78, 5) is 14.3. The molecule has 1 fully saturated rings. The van der Waals surface area contributed by atoms with E-state index in [-0.39, 0.29) is 0 Å². The van der Waals surface area contributed by atoms with Crippen LogP contribution >= 0.6 is 0 Å². The summed E-state index contributed by atoms with van der Waals surface area (Å²) in [5.74, 6) is 2.40. The Morgan fingerprint density at radius 2 is 2.00 bits per heavy atom. The molecule has 2 N–H and O–H groups in total. The molecular weight excluding hydrogens is 236 g/mol. The Hall–Kier alpha value is -0.570. The number of nitrogens with zero attached hydrogens (tertiary/aromatic N) is 1. The van der Waals surface area contributed by atoms with Crippen LogP contribution < -0.4 is 5.73 Å². The van der Waals surface area contributed by atoms with Crippen molar-refractivity contribution in [3.05, 3.63) is 0 Å². The Balaban J connectivity index is 2.33. The Labute approximate surface area is 118 Å². The van der Waals surface area contributed by atoms with Gasteiger partial charge in [0.15, 0.2) is 0 Å². The van der Waals surface area contributed by atoms with Crippen molar-refractivity contribution in [2.24, 2.45) is 23.5 Å². The Morgan fingerprint density at radius 3 is 2.58 bits per heavy atom. The predicted octanol–water partition coefficient (Wildman–Crippen LogP) is 3.04. The summed E-state index contributed by atoms with van der Waals surface area (Å²) >= 11 is 0. The highest BCUT2D eigenvalue weighted by atomic mass is 16.2. The molecule has 0 aromatic carbocycles. The minimum absolute atomic E-state index is 0.358. The van der Waals surface area contributed by atoms with Crippen molar-refractivity contribution in [2.75, 3.05) is 19.6 Å². The lowest BCUT2D eigenvalue weighted by atomic mass is 9.88. The highest BCUT2D eigenvalue weighted by Gasteiger charge is 2.25. The molecule has 3 heteroatoms. The maximum absolute atomic E-state index is 12.3. The third kappa shape index (κ3) is 5.52. The van der Waals surface area contributed by atoms with Gasteiger partial charge >= 0.3 is 0 Å². The quantitative estimate of drug-likeness (QED) is 0.771. The van der Waals surface area contributed by atoms with E-state index in [0.717, 1.165) is 44.8 Å².